The Morgan fingerprint density at radius 1 is 1.26 bits per heavy atom. The van der Waals surface area contributed by atoms with Gasteiger partial charge < -0.3 is 25.1 Å². The van der Waals surface area contributed by atoms with Gasteiger partial charge in [0.25, 0.3) is 0 Å². The minimum absolute atomic E-state index is 0.148. The summed E-state index contributed by atoms with van der Waals surface area (Å²) in [6.07, 6.45) is 8.16. The van der Waals surface area contributed by atoms with Crippen molar-refractivity contribution in [3.63, 3.8) is 0 Å². The molecule has 1 saturated heterocycles. The number of nitrogens with zero attached hydrogens (tertiary/aromatic N) is 6. The fourth-order valence-corrected chi connectivity index (χ4v) is 5.93. The molecule has 42 heavy (non-hydrogen) atoms. The molecule has 0 bridgehead atoms. The van der Waals surface area contributed by atoms with Crippen LogP contribution in [0.15, 0.2) is 48.6 Å². The third-order valence-corrected chi connectivity index (χ3v) is 8.40. The number of rotatable bonds is 6. The van der Waals surface area contributed by atoms with E-state index < -0.39 is 5.60 Å². The van der Waals surface area contributed by atoms with Crippen LogP contribution in [0.3, 0.4) is 0 Å². The fourth-order valence-electron chi connectivity index (χ4n) is 5.93. The molecule has 0 unspecified atom stereocenters. The lowest BCUT2D eigenvalue weighted by atomic mass is 9.60. The predicted molar refractivity (Wildman–Crippen MR) is 158 cm³/mol. The Bertz CT molecular complexity index is 1520. The molecule has 1 saturated carbocycles. The third-order valence-electron chi connectivity index (χ3n) is 8.40. The van der Waals surface area contributed by atoms with Gasteiger partial charge >= 0.3 is 6.09 Å². The molecule has 3 aromatic rings. The summed E-state index contributed by atoms with van der Waals surface area (Å²) < 4.78 is 13.5. The molecule has 1 spiro atoms. The maximum atomic E-state index is 12.5. The predicted octanol–water partition coefficient (Wildman–Crippen LogP) is 4.74. The monoisotopic (exact) mass is 572 g/mol. The summed E-state index contributed by atoms with van der Waals surface area (Å²) in [5.41, 5.74) is 10.1. The average molecular weight is 573 g/mol. The molecule has 1 amide bonds. The van der Waals surface area contributed by atoms with E-state index in [1.807, 2.05) is 63.8 Å². The first kappa shape index (κ1) is 29.2. The smallest absolute Gasteiger partial charge is 0.410 e. The number of carbonyl (C=O) groups excluding carboxylic acids is 1. The maximum absolute atomic E-state index is 12.5. The van der Waals surface area contributed by atoms with Crippen LogP contribution in [0.25, 0.3) is 11.2 Å². The van der Waals surface area contributed by atoms with Gasteiger partial charge in [0.1, 0.15) is 34.6 Å². The number of nitrogens with two attached hydrogens (primary N) is 2. The summed E-state index contributed by atoms with van der Waals surface area (Å²) in [6, 6.07) is 9.82. The van der Waals surface area contributed by atoms with E-state index in [1.54, 1.807) is 21.9 Å². The molecule has 222 valence electrons. The summed E-state index contributed by atoms with van der Waals surface area (Å²) >= 11 is 0. The molecule has 0 aromatic carbocycles. The van der Waals surface area contributed by atoms with E-state index in [2.05, 4.69) is 16.2 Å². The van der Waals surface area contributed by atoms with Crippen molar-refractivity contribution in [2.24, 2.45) is 17.0 Å². The van der Waals surface area contributed by atoms with E-state index in [0.29, 0.717) is 41.2 Å². The number of hydrogen-bond acceptors (Lipinski definition) is 9. The number of hydrazine groups is 1. The van der Waals surface area contributed by atoms with Gasteiger partial charge in [0.2, 0.25) is 0 Å². The number of fused-ring (bicyclic) bond motifs is 1. The van der Waals surface area contributed by atoms with E-state index in [-0.39, 0.29) is 23.7 Å². The number of allylic oxidation sites excluding steroid dienone is 1. The highest BCUT2D eigenvalue weighted by molar-refractivity contribution is 5.75. The van der Waals surface area contributed by atoms with Gasteiger partial charge in [0.05, 0.1) is 17.6 Å². The number of likely N-dealkylation sites (tertiary alicyclic amines) is 1. The molecular formula is C31H40N8O3. The number of hydrogen-bond donors (Lipinski definition) is 2. The van der Waals surface area contributed by atoms with Crippen LogP contribution < -0.4 is 16.3 Å². The Balaban J connectivity index is 1.30. The van der Waals surface area contributed by atoms with Crippen molar-refractivity contribution in [3.8, 4) is 11.8 Å². The Kier molecular flexibility index (Phi) is 7.77. The van der Waals surface area contributed by atoms with E-state index in [9.17, 15) is 10.1 Å². The average Bonchev–Trinajstić information content (AvgIpc) is 3.38. The van der Waals surface area contributed by atoms with Crippen LogP contribution in [0, 0.1) is 16.7 Å². The van der Waals surface area contributed by atoms with Crippen molar-refractivity contribution in [2.75, 3.05) is 13.1 Å². The zero-order valence-corrected chi connectivity index (χ0v) is 25.0. The van der Waals surface area contributed by atoms with Crippen molar-refractivity contribution in [1.82, 2.24) is 24.5 Å². The van der Waals surface area contributed by atoms with Crippen LogP contribution in [-0.4, -0.2) is 55.3 Å². The molecule has 1 aliphatic heterocycles. The van der Waals surface area contributed by atoms with E-state index in [0.717, 1.165) is 37.1 Å². The Morgan fingerprint density at radius 3 is 2.60 bits per heavy atom. The van der Waals surface area contributed by atoms with Crippen molar-refractivity contribution >= 4 is 17.3 Å². The lowest BCUT2D eigenvalue weighted by Gasteiger charge is -2.54. The highest BCUT2D eigenvalue weighted by Crippen LogP contribution is 2.51. The first-order valence-corrected chi connectivity index (χ1v) is 14.4. The van der Waals surface area contributed by atoms with Crippen molar-refractivity contribution < 1.29 is 14.3 Å². The highest BCUT2D eigenvalue weighted by atomic mass is 16.6. The Hall–Kier alpha value is -4.30. The quantitative estimate of drug-likeness (QED) is 0.315. The second-order valence-electron chi connectivity index (χ2n) is 12.5. The van der Waals surface area contributed by atoms with Gasteiger partial charge in [-0.3, -0.25) is 4.98 Å². The molecule has 11 heteroatoms. The van der Waals surface area contributed by atoms with Gasteiger partial charge in [-0.1, -0.05) is 6.07 Å². The molecular weight excluding hydrogens is 532 g/mol. The molecule has 1 aliphatic carbocycles. The summed E-state index contributed by atoms with van der Waals surface area (Å²) in [7, 11) is 0. The normalized spacial score (nSPS) is 18.2. The number of carbonyl (C=O) groups is 1. The maximum Gasteiger partial charge on any atom is 0.410 e. The molecule has 3 aromatic heterocycles. The molecule has 11 nitrogen and oxygen atoms in total. The van der Waals surface area contributed by atoms with Gasteiger partial charge in [-0.15, -0.1) is 0 Å². The lowest BCUT2D eigenvalue weighted by Crippen LogP contribution is -2.57. The summed E-state index contributed by atoms with van der Waals surface area (Å²) in [4.78, 5) is 18.7. The first-order chi connectivity index (χ1) is 19.9. The number of piperidine rings is 1. The molecule has 4 heterocycles. The Morgan fingerprint density at radius 2 is 1.98 bits per heavy atom. The van der Waals surface area contributed by atoms with E-state index in [1.165, 1.54) is 6.20 Å². The Labute approximate surface area is 246 Å². The van der Waals surface area contributed by atoms with Crippen molar-refractivity contribution in [1.29, 1.82) is 5.26 Å². The van der Waals surface area contributed by atoms with Crippen LogP contribution >= 0.6 is 0 Å². The first-order valence-electron chi connectivity index (χ1n) is 14.4. The summed E-state index contributed by atoms with van der Waals surface area (Å²) in [5.74, 6) is 7.12. The minimum Gasteiger partial charge on any atom is -0.482 e. The second kappa shape index (κ2) is 11.2. The number of nitriles is 1. The zero-order valence-electron chi connectivity index (χ0n) is 25.0. The minimum atomic E-state index is -0.498. The SMILES string of the molecule is C/C(=C(/N)c1cc(O[C@H](C)c2ccccn2)c2c(C#N)cnn2c1)N(N)C1CC2(CCN(C(=O)OC(C)(C)C)CC2)C1. The van der Waals surface area contributed by atoms with Crippen molar-refractivity contribution in [3.05, 3.63) is 65.4 Å². The molecule has 5 rings (SSSR count). The fraction of sp³-hybridized carbons (Fsp3) is 0.484. The van der Waals surface area contributed by atoms with Gasteiger partial charge in [0, 0.05) is 42.8 Å². The lowest BCUT2D eigenvalue weighted by molar-refractivity contribution is -0.0397. The molecule has 1 atom stereocenters. The number of pyridine rings is 2. The number of amides is 1. The number of aromatic nitrogens is 3. The van der Waals surface area contributed by atoms with Gasteiger partial charge in [-0.05, 0) is 83.9 Å². The molecule has 2 aliphatic rings. The largest absolute Gasteiger partial charge is 0.482 e. The topological polar surface area (TPSA) is 148 Å². The summed E-state index contributed by atoms with van der Waals surface area (Å²) in [5, 5.41) is 15.8. The van der Waals surface area contributed by atoms with Gasteiger partial charge in [-0.2, -0.15) is 10.4 Å². The van der Waals surface area contributed by atoms with Crippen LogP contribution in [0.2, 0.25) is 0 Å². The van der Waals surface area contributed by atoms with Crippen molar-refractivity contribution in [2.45, 2.75) is 78.0 Å². The van der Waals surface area contributed by atoms with Gasteiger partial charge in [-0.25, -0.2) is 15.2 Å². The second-order valence-corrected chi connectivity index (χ2v) is 12.5. The van der Waals surface area contributed by atoms with Crippen LogP contribution in [0.4, 0.5) is 4.79 Å². The highest BCUT2D eigenvalue weighted by Gasteiger charge is 2.48. The summed E-state index contributed by atoms with van der Waals surface area (Å²) in [6.45, 7) is 10.9. The van der Waals surface area contributed by atoms with Crippen LogP contribution in [0.1, 0.15) is 83.2 Å². The number of ether oxygens (including phenoxy) is 2. The molecule has 4 N–H and O–H groups in total. The molecule has 0 radical (unpaired) electrons. The van der Waals surface area contributed by atoms with E-state index >= 15 is 0 Å². The standard InChI is InChI=1S/C31H40N8O3/c1-20(39(34)24-15-31(16-24)9-12-37(13-10-31)29(40)42-30(3,4)5)27(33)22-14-26(28-23(17-32)18-36-38(28)19-22)41-21(2)25-8-6-7-11-35-25/h6-8,11,14,18-19,21,24H,9-10,12-13,15-16,33-34H2,1-5H3/b27-20-/t21-/m1/s1. The van der Waals surface area contributed by atoms with Crippen LogP contribution in [-0.2, 0) is 4.74 Å². The zero-order chi connectivity index (χ0) is 30.2. The third kappa shape index (κ3) is 5.85. The van der Waals surface area contributed by atoms with Gasteiger partial charge in [0.15, 0.2) is 0 Å². The molecule has 2 fully saturated rings. The van der Waals surface area contributed by atoms with Crippen LogP contribution in [0.5, 0.6) is 5.75 Å². The van der Waals surface area contributed by atoms with E-state index in [4.69, 9.17) is 21.1 Å².